The van der Waals surface area contributed by atoms with Crippen LogP contribution in [0.5, 0.6) is 0 Å². The van der Waals surface area contributed by atoms with Crippen molar-refractivity contribution < 1.29 is 13.2 Å². The summed E-state index contributed by atoms with van der Waals surface area (Å²) in [5.41, 5.74) is 7.71. The van der Waals surface area contributed by atoms with E-state index in [1.54, 1.807) is 6.07 Å². The number of likely N-dealkylation sites (tertiary alicyclic amines) is 2. The number of alkyl halides is 3. The quantitative estimate of drug-likeness (QED) is 0.801. The van der Waals surface area contributed by atoms with Gasteiger partial charge in [-0.3, -0.25) is 9.80 Å². The summed E-state index contributed by atoms with van der Waals surface area (Å²) in [6, 6.07) is 16.2. The Kier molecular flexibility index (Phi) is 5.95. The van der Waals surface area contributed by atoms with Gasteiger partial charge in [-0.1, -0.05) is 42.5 Å². The number of rotatable bonds is 5. The summed E-state index contributed by atoms with van der Waals surface area (Å²) in [4.78, 5) is 4.90. The summed E-state index contributed by atoms with van der Waals surface area (Å²) in [7, 11) is 0. The van der Waals surface area contributed by atoms with E-state index in [0.717, 1.165) is 51.5 Å². The smallest absolute Gasteiger partial charge is 0.323 e. The molecule has 0 unspecified atom stereocenters. The van der Waals surface area contributed by atoms with Gasteiger partial charge in [0.15, 0.2) is 0 Å². The topological polar surface area (TPSA) is 32.5 Å². The lowest BCUT2D eigenvalue weighted by Crippen LogP contribution is -2.59. The van der Waals surface area contributed by atoms with Crippen molar-refractivity contribution in [2.75, 3.05) is 19.6 Å². The SMILES string of the molecule is N[C@H](c1cccc(C(F)(F)F)c1)[C@H]1CCN1C1CCN(Cc2ccccc2)CC1. The maximum Gasteiger partial charge on any atom is 0.416 e. The first-order valence-corrected chi connectivity index (χ1v) is 10.4. The monoisotopic (exact) mass is 403 g/mol. The third kappa shape index (κ3) is 4.65. The molecule has 2 aromatic carbocycles. The minimum Gasteiger partial charge on any atom is -0.323 e. The Morgan fingerprint density at radius 1 is 0.931 bits per heavy atom. The van der Waals surface area contributed by atoms with Crippen LogP contribution in [-0.2, 0) is 12.7 Å². The van der Waals surface area contributed by atoms with E-state index in [9.17, 15) is 13.2 Å². The van der Waals surface area contributed by atoms with Crippen LogP contribution in [0.25, 0.3) is 0 Å². The number of nitrogens with two attached hydrogens (primary N) is 1. The summed E-state index contributed by atoms with van der Waals surface area (Å²) in [6.07, 6.45) is -1.22. The zero-order chi connectivity index (χ0) is 20.4. The fourth-order valence-electron chi connectivity index (χ4n) is 4.66. The number of hydrogen-bond donors (Lipinski definition) is 1. The molecular formula is C23H28F3N3. The molecule has 29 heavy (non-hydrogen) atoms. The fraction of sp³-hybridized carbons (Fsp3) is 0.478. The molecule has 2 atom stereocenters. The van der Waals surface area contributed by atoms with Crippen molar-refractivity contribution in [1.29, 1.82) is 0 Å². The van der Waals surface area contributed by atoms with Gasteiger partial charge >= 0.3 is 6.18 Å². The zero-order valence-electron chi connectivity index (χ0n) is 16.5. The molecule has 4 rings (SSSR count). The maximum absolute atomic E-state index is 13.0. The average molecular weight is 403 g/mol. The van der Waals surface area contributed by atoms with Crippen molar-refractivity contribution in [3.8, 4) is 0 Å². The van der Waals surface area contributed by atoms with Crippen molar-refractivity contribution in [2.24, 2.45) is 5.73 Å². The molecule has 2 aliphatic rings. The first-order chi connectivity index (χ1) is 13.9. The molecule has 0 amide bonds. The van der Waals surface area contributed by atoms with Crippen LogP contribution in [0.3, 0.4) is 0 Å². The van der Waals surface area contributed by atoms with Crippen molar-refractivity contribution in [3.63, 3.8) is 0 Å². The van der Waals surface area contributed by atoms with E-state index < -0.39 is 11.7 Å². The Bertz CT molecular complexity index is 801. The Hall–Kier alpha value is -1.89. The van der Waals surface area contributed by atoms with Gasteiger partial charge in [0.1, 0.15) is 0 Å². The van der Waals surface area contributed by atoms with Gasteiger partial charge in [-0.2, -0.15) is 13.2 Å². The van der Waals surface area contributed by atoms with E-state index in [-0.39, 0.29) is 12.1 Å². The molecule has 0 spiro atoms. The molecule has 2 heterocycles. The zero-order valence-corrected chi connectivity index (χ0v) is 16.5. The minimum atomic E-state index is -4.33. The molecule has 0 aliphatic carbocycles. The van der Waals surface area contributed by atoms with E-state index in [1.165, 1.54) is 17.7 Å². The molecule has 2 aliphatic heterocycles. The van der Waals surface area contributed by atoms with E-state index >= 15 is 0 Å². The predicted octanol–water partition coefficient (Wildman–Crippen LogP) is 4.44. The molecule has 0 radical (unpaired) electrons. The Morgan fingerprint density at radius 2 is 1.66 bits per heavy atom. The lowest BCUT2D eigenvalue weighted by Gasteiger charge is -2.51. The van der Waals surface area contributed by atoms with Crippen LogP contribution in [0.2, 0.25) is 0 Å². The maximum atomic E-state index is 13.0. The van der Waals surface area contributed by atoms with Crippen LogP contribution >= 0.6 is 0 Å². The van der Waals surface area contributed by atoms with Crippen LogP contribution in [0.4, 0.5) is 13.2 Å². The highest BCUT2D eigenvalue weighted by Crippen LogP contribution is 2.36. The number of nitrogens with zero attached hydrogens (tertiary/aromatic N) is 2. The third-order valence-corrected chi connectivity index (χ3v) is 6.40. The highest BCUT2D eigenvalue weighted by Gasteiger charge is 2.39. The molecule has 2 N–H and O–H groups in total. The molecule has 156 valence electrons. The Balaban J connectivity index is 1.34. The number of hydrogen-bond acceptors (Lipinski definition) is 3. The minimum absolute atomic E-state index is 0.129. The predicted molar refractivity (Wildman–Crippen MR) is 108 cm³/mol. The summed E-state index contributed by atoms with van der Waals surface area (Å²) in [6.45, 7) is 4.05. The van der Waals surface area contributed by atoms with Crippen LogP contribution in [0.1, 0.15) is 42.0 Å². The largest absolute Gasteiger partial charge is 0.416 e. The lowest BCUT2D eigenvalue weighted by molar-refractivity contribution is -0.137. The normalized spacial score (nSPS) is 23.0. The van der Waals surface area contributed by atoms with Gasteiger partial charge in [-0.25, -0.2) is 0 Å². The van der Waals surface area contributed by atoms with E-state index in [0.29, 0.717) is 11.6 Å². The first-order valence-electron chi connectivity index (χ1n) is 10.4. The molecule has 3 nitrogen and oxygen atoms in total. The highest BCUT2D eigenvalue weighted by atomic mass is 19.4. The fourth-order valence-corrected chi connectivity index (χ4v) is 4.66. The summed E-state index contributed by atoms with van der Waals surface area (Å²) < 4.78 is 39.1. The van der Waals surface area contributed by atoms with Gasteiger partial charge in [-0.15, -0.1) is 0 Å². The molecule has 2 fully saturated rings. The average Bonchev–Trinajstić information content (AvgIpc) is 2.69. The third-order valence-electron chi connectivity index (χ3n) is 6.40. The van der Waals surface area contributed by atoms with E-state index in [1.807, 2.05) is 6.07 Å². The van der Waals surface area contributed by atoms with Gasteiger partial charge in [0.05, 0.1) is 5.56 Å². The van der Waals surface area contributed by atoms with Gasteiger partial charge in [-0.05, 0) is 55.6 Å². The Morgan fingerprint density at radius 3 is 2.28 bits per heavy atom. The highest BCUT2D eigenvalue weighted by molar-refractivity contribution is 5.29. The molecule has 0 bridgehead atoms. The van der Waals surface area contributed by atoms with Crippen molar-refractivity contribution in [2.45, 2.75) is 50.1 Å². The van der Waals surface area contributed by atoms with Gasteiger partial charge in [0, 0.05) is 31.2 Å². The molecule has 2 aromatic rings. The molecule has 6 heteroatoms. The summed E-state index contributed by atoms with van der Waals surface area (Å²) in [5, 5.41) is 0. The standard InChI is InChI=1S/C23H28F3N3/c24-23(25,26)19-8-4-7-18(15-19)22(27)21-11-14-29(21)20-9-12-28(13-10-20)16-17-5-2-1-3-6-17/h1-8,15,20-22H,9-14,16,27H2/t21-,22-/m1/s1. The Labute approximate surface area is 170 Å². The van der Waals surface area contributed by atoms with Crippen LogP contribution in [0, 0.1) is 0 Å². The van der Waals surface area contributed by atoms with Gasteiger partial charge in [0.25, 0.3) is 0 Å². The number of piperidine rings is 1. The van der Waals surface area contributed by atoms with Crippen LogP contribution in [-0.4, -0.2) is 41.5 Å². The van der Waals surface area contributed by atoms with Gasteiger partial charge < -0.3 is 5.73 Å². The van der Waals surface area contributed by atoms with Crippen LogP contribution in [0.15, 0.2) is 54.6 Å². The number of benzene rings is 2. The first kappa shape index (κ1) is 20.4. The second kappa shape index (κ2) is 8.46. The van der Waals surface area contributed by atoms with E-state index in [2.05, 4.69) is 34.1 Å². The number of halogens is 3. The molecule has 0 aromatic heterocycles. The van der Waals surface area contributed by atoms with Crippen molar-refractivity contribution in [1.82, 2.24) is 9.80 Å². The molecule has 0 saturated carbocycles. The van der Waals surface area contributed by atoms with Gasteiger partial charge in [0.2, 0.25) is 0 Å². The van der Waals surface area contributed by atoms with Crippen molar-refractivity contribution >= 4 is 0 Å². The second-order valence-corrected chi connectivity index (χ2v) is 8.24. The summed E-state index contributed by atoms with van der Waals surface area (Å²) in [5.74, 6) is 0. The van der Waals surface area contributed by atoms with Crippen LogP contribution < -0.4 is 5.73 Å². The van der Waals surface area contributed by atoms with Crippen molar-refractivity contribution in [3.05, 3.63) is 71.3 Å². The molecular weight excluding hydrogens is 375 g/mol. The van der Waals surface area contributed by atoms with E-state index in [4.69, 9.17) is 5.73 Å². The second-order valence-electron chi connectivity index (χ2n) is 8.24. The summed E-state index contributed by atoms with van der Waals surface area (Å²) >= 11 is 0. The lowest BCUT2D eigenvalue weighted by atomic mass is 9.86. The molecule has 2 saturated heterocycles.